The molecule has 88 valence electrons. The molecule has 2 rings (SSSR count). The third-order valence-electron chi connectivity index (χ3n) is 4.67. The van der Waals surface area contributed by atoms with Gasteiger partial charge < -0.3 is 5.32 Å². The molecule has 15 heavy (non-hydrogen) atoms. The van der Waals surface area contributed by atoms with Gasteiger partial charge in [0.05, 0.1) is 0 Å². The fraction of sp³-hybridized carbons (Fsp3) is 1.00. The number of nitrogens with zero attached hydrogens (tertiary/aromatic N) is 1. The van der Waals surface area contributed by atoms with Crippen LogP contribution in [0.4, 0.5) is 0 Å². The van der Waals surface area contributed by atoms with Gasteiger partial charge in [0, 0.05) is 31.7 Å². The van der Waals surface area contributed by atoms with E-state index in [1.54, 1.807) is 0 Å². The van der Waals surface area contributed by atoms with Crippen molar-refractivity contribution >= 4 is 0 Å². The largest absolute Gasteiger partial charge is 0.311 e. The minimum absolute atomic E-state index is 0.738. The van der Waals surface area contributed by atoms with Crippen LogP contribution in [-0.2, 0) is 0 Å². The molecule has 2 heteroatoms. The van der Waals surface area contributed by atoms with Crippen molar-refractivity contribution in [1.82, 2.24) is 10.2 Å². The van der Waals surface area contributed by atoms with E-state index in [0.717, 1.165) is 23.9 Å². The Hall–Kier alpha value is -0.0800. The lowest BCUT2D eigenvalue weighted by Gasteiger charge is -2.39. The molecule has 1 aliphatic carbocycles. The Kier molecular flexibility index (Phi) is 3.68. The summed E-state index contributed by atoms with van der Waals surface area (Å²) < 4.78 is 0. The zero-order valence-corrected chi connectivity index (χ0v) is 10.5. The predicted octanol–water partition coefficient (Wildman–Crippen LogP) is 2.10. The first kappa shape index (κ1) is 11.4. The quantitative estimate of drug-likeness (QED) is 0.751. The highest BCUT2D eigenvalue weighted by molar-refractivity contribution is 4.90. The molecule has 0 amide bonds. The second-order valence-corrected chi connectivity index (χ2v) is 5.54. The fourth-order valence-electron chi connectivity index (χ4n) is 3.28. The minimum atomic E-state index is 0.738. The van der Waals surface area contributed by atoms with Crippen LogP contribution in [0.2, 0.25) is 0 Å². The maximum absolute atomic E-state index is 3.61. The van der Waals surface area contributed by atoms with Gasteiger partial charge in [-0.3, -0.25) is 4.90 Å². The number of nitrogens with one attached hydrogen (secondary N) is 1. The molecule has 0 bridgehead atoms. The van der Waals surface area contributed by atoms with Gasteiger partial charge in [0.25, 0.3) is 0 Å². The molecule has 0 spiro atoms. The van der Waals surface area contributed by atoms with Gasteiger partial charge in [0.15, 0.2) is 0 Å². The average Bonchev–Trinajstić information content (AvgIpc) is 2.60. The second-order valence-electron chi connectivity index (χ2n) is 5.54. The molecule has 0 aromatic heterocycles. The normalized spacial score (nSPS) is 43.4. The molecule has 2 aliphatic rings. The van der Waals surface area contributed by atoms with E-state index < -0.39 is 0 Å². The van der Waals surface area contributed by atoms with E-state index in [1.165, 1.54) is 38.9 Å². The summed E-state index contributed by atoms with van der Waals surface area (Å²) in [4.78, 5) is 2.75. The topological polar surface area (TPSA) is 15.3 Å². The summed E-state index contributed by atoms with van der Waals surface area (Å²) in [5.74, 6) is 1.84. The maximum Gasteiger partial charge on any atom is 0.0193 e. The first-order chi connectivity index (χ1) is 7.22. The van der Waals surface area contributed by atoms with E-state index >= 15 is 0 Å². The molecule has 1 heterocycles. The van der Waals surface area contributed by atoms with E-state index in [-0.39, 0.29) is 0 Å². The van der Waals surface area contributed by atoms with Crippen molar-refractivity contribution in [3.63, 3.8) is 0 Å². The molecule has 4 unspecified atom stereocenters. The Labute approximate surface area is 94.4 Å². The lowest BCUT2D eigenvalue weighted by Crippen LogP contribution is -2.54. The molecule has 1 saturated heterocycles. The minimum Gasteiger partial charge on any atom is -0.311 e. The first-order valence-corrected chi connectivity index (χ1v) is 6.69. The maximum atomic E-state index is 3.61. The molecule has 0 aromatic rings. The van der Waals surface area contributed by atoms with Crippen molar-refractivity contribution in [2.45, 2.75) is 52.1 Å². The number of rotatable bonds is 2. The Morgan fingerprint density at radius 2 is 2.07 bits per heavy atom. The number of piperazine rings is 1. The highest BCUT2D eigenvalue weighted by atomic mass is 15.2. The van der Waals surface area contributed by atoms with E-state index in [4.69, 9.17) is 0 Å². The van der Waals surface area contributed by atoms with Crippen LogP contribution in [0.1, 0.15) is 40.0 Å². The van der Waals surface area contributed by atoms with Crippen molar-refractivity contribution in [3.05, 3.63) is 0 Å². The molecular weight excluding hydrogens is 184 g/mol. The molecule has 0 radical (unpaired) electrons. The Balaban J connectivity index is 1.92. The van der Waals surface area contributed by atoms with Crippen molar-refractivity contribution in [2.24, 2.45) is 11.8 Å². The summed E-state index contributed by atoms with van der Waals surface area (Å²) in [6, 6.07) is 1.61. The molecular formula is C13H26N2. The second kappa shape index (κ2) is 4.84. The van der Waals surface area contributed by atoms with Crippen molar-refractivity contribution < 1.29 is 0 Å². The summed E-state index contributed by atoms with van der Waals surface area (Å²) in [7, 11) is 0. The zero-order chi connectivity index (χ0) is 10.8. The summed E-state index contributed by atoms with van der Waals surface area (Å²) in [6.45, 7) is 10.9. The van der Waals surface area contributed by atoms with Gasteiger partial charge in [-0.15, -0.1) is 0 Å². The van der Waals surface area contributed by atoms with E-state index in [1.807, 2.05) is 0 Å². The lowest BCUT2D eigenvalue weighted by atomic mass is 9.96. The predicted molar refractivity (Wildman–Crippen MR) is 65.0 cm³/mol. The lowest BCUT2D eigenvalue weighted by molar-refractivity contribution is 0.114. The molecule has 1 N–H and O–H groups in total. The molecule has 1 saturated carbocycles. The standard InChI is InChI=1S/C13H26N2/c1-4-12-9-15(8-7-14-12)13-6-5-10(2)11(13)3/h10-14H,4-9H2,1-3H3. The van der Waals surface area contributed by atoms with Gasteiger partial charge in [-0.25, -0.2) is 0 Å². The number of hydrogen-bond acceptors (Lipinski definition) is 2. The van der Waals surface area contributed by atoms with Gasteiger partial charge >= 0.3 is 0 Å². The average molecular weight is 210 g/mol. The van der Waals surface area contributed by atoms with E-state index in [2.05, 4.69) is 31.0 Å². The smallest absolute Gasteiger partial charge is 0.0193 e. The van der Waals surface area contributed by atoms with Crippen molar-refractivity contribution in [1.29, 1.82) is 0 Å². The van der Waals surface area contributed by atoms with Gasteiger partial charge in [-0.1, -0.05) is 20.8 Å². The molecule has 2 fully saturated rings. The fourth-order valence-corrected chi connectivity index (χ4v) is 3.28. The van der Waals surface area contributed by atoms with E-state index in [9.17, 15) is 0 Å². The first-order valence-electron chi connectivity index (χ1n) is 6.69. The zero-order valence-electron chi connectivity index (χ0n) is 10.5. The van der Waals surface area contributed by atoms with Crippen LogP contribution in [0.15, 0.2) is 0 Å². The van der Waals surface area contributed by atoms with Crippen molar-refractivity contribution in [2.75, 3.05) is 19.6 Å². The number of hydrogen-bond donors (Lipinski definition) is 1. The SMILES string of the molecule is CCC1CN(C2CCC(C)C2C)CCN1. The highest BCUT2D eigenvalue weighted by Gasteiger charge is 2.35. The Bertz CT molecular complexity index is 205. The summed E-state index contributed by atoms with van der Waals surface area (Å²) in [5, 5.41) is 3.61. The third kappa shape index (κ3) is 2.36. The third-order valence-corrected chi connectivity index (χ3v) is 4.67. The molecule has 1 aliphatic heterocycles. The summed E-state index contributed by atoms with van der Waals surface area (Å²) in [6.07, 6.45) is 4.14. The summed E-state index contributed by atoms with van der Waals surface area (Å²) >= 11 is 0. The Morgan fingerprint density at radius 3 is 2.67 bits per heavy atom. The van der Waals surface area contributed by atoms with E-state index in [0.29, 0.717) is 0 Å². The highest BCUT2D eigenvalue weighted by Crippen LogP contribution is 2.35. The van der Waals surface area contributed by atoms with Crippen LogP contribution in [0.3, 0.4) is 0 Å². The Morgan fingerprint density at radius 1 is 1.27 bits per heavy atom. The van der Waals surface area contributed by atoms with Gasteiger partial charge in [-0.05, 0) is 31.1 Å². The summed E-state index contributed by atoms with van der Waals surface area (Å²) in [5.41, 5.74) is 0. The molecule has 2 nitrogen and oxygen atoms in total. The van der Waals surface area contributed by atoms with Crippen LogP contribution in [-0.4, -0.2) is 36.6 Å². The van der Waals surface area contributed by atoms with Crippen molar-refractivity contribution in [3.8, 4) is 0 Å². The van der Waals surface area contributed by atoms with Crippen LogP contribution >= 0.6 is 0 Å². The molecule has 4 atom stereocenters. The molecule has 0 aromatic carbocycles. The van der Waals surface area contributed by atoms with Crippen LogP contribution in [0.25, 0.3) is 0 Å². The van der Waals surface area contributed by atoms with Gasteiger partial charge in [0.2, 0.25) is 0 Å². The van der Waals surface area contributed by atoms with Gasteiger partial charge in [-0.2, -0.15) is 0 Å². The van der Waals surface area contributed by atoms with Crippen LogP contribution < -0.4 is 5.32 Å². The van der Waals surface area contributed by atoms with Gasteiger partial charge in [0.1, 0.15) is 0 Å². The van der Waals surface area contributed by atoms with Crippen LogP contribution in [0.5, 0.6) is 0 Å². The van der Waals surface area contributed by atoms with Crippen LogP contribution in [0, 0.1) is 11.8 Å². The monoisotopic (exact) mass is 210 g/mol.